The SMILES string of the molecule is CCOC(=O)c1c(S(=O)(=O)N2CCCC2)nn(CC)c1C. The van der Waals surface area contributed by atoms with Gasteiger partial charge in [-0.1, -0.05) is 0 Å². The first-order valence-electron chi connectivity index (χ1n) is 7.18. The number of nitrogens with zero attached hydrogens (tertiary/aromatic N) is 3. The molecule has 1 aromatic rings. The van der Waals surface area contributed by atoms with Gasteiger partial charge in [0.2, 0.25) is 5.03 Å². The predicted octanol–water partition coefficient (Wildman–Crippen LogP) is 1.17. The maximum absolute atomic E-state index is 12.7. The number of aryl methyl sites for hydroxylation is 1. The maximum atomic E-state index is 12.7. The standard InChI is InChI=1S/C13H21N3O4S/c1-4-16-10(3)11(13(17)20-5-2)12(14-16)21(18,19)15-8-6-7-9-15/h4-9H2,1-3H3. The van der Waals surface area contributed by atoms with Crippen molar-refractivity contribution in [2.75, 3.05) is 19.7 Å². The minimum atomic E-state index is -3.74. The van der Waals surface area contributed by atoms with E-state index in [0.29, 0.717) is 25.3 Å². The zero-order valence-corrected chi connectivity index (χ0v) is 13.4. The molecule has 0 saturated carbocycles. The van der Waals surface area contributed by atoms with Gasteiger partial charge in [-0.05, 0) is 33.6 Å². The van der Waals surface area contributed by atoms with Crippen LogP contribution in [0.5, 0.6) is 0 Å². The van der Waals surface area contributed by atoms with E-state index in [-0.39, 0.29) is 17.2 Å². The Morgan fingerprint density at radius 2 is 1.90 bits per heavy atom. The van der Waals surface area contributed by atoms with Crippen LogP contribution in [0.1, 0.15) is 42.7 Å². The van der Waals surface area contributed by atoms with Gasteiger partial charge in [0.05, 0.1) is 12.3 Å². The van der Waals surface area contributed by atoms with E-state index >= 15 is 0 Å². The van der Waals surface area contributed by atoms with Gasteiger partial charge in [0, 0.05) is 19.6 Å². The molecule has 21 heavy (non-hydrogen) atoms. The fraction of sp³-hybridized carbons (Fsp3) is 0.692. The summed E-state index contributed by atoms with van der Waals surface area (Å²) in [5.74, 6) is -0.632. The third kappa shape index (κ3) is 2.82. The highest BCUT2D eigenvalue weighted by molar-refractivity contribution is 7.89. The van der Waals surface area contributed by atoms with Crippen LogP contribution in [0, 0.1) is 6.92 Å². The van der Waals surface area contributed by atoms with Crippen molar-refractivity contribution in [1.82, 2.24) is 14.1 Å². The van der Waals surface area contributed by atoms with E-state index in [4.69, 9.17) is 4.74 Å². The number of carbonyl (C=O) groups excluding carboxylic acids is 1. The molecule has 7 nitrogen and oxygen atoms in total. The summed E-state index contributed by atoms with van der Waals surface area (Å²) in [5, 5.41) is 3.96. The quantitative estimate of drug-likeness (QED) is 0.762. The van der Waals surface area contributed by atoms with Gasteiger partial charge in [0.1, 0.15) is 5.56 Å². The van der Waals surface area contributed by atoms with Crippen molar-refractivity contribution >= 4 is 16.0 Å². The minimum Gasteiger partial charge on any atom is -0.462 e. The van der Waals surface area contributed by atoms with Gasteiger partial charge < -0.3 is 4.74 Å². The fourth-order valence-electron chi connectivity index (χ4n) is 2.50. The molecule has 2 rings (SSSR count). The van der Waals surface area contributed by atoms with Gasteiger partial charge in [-0.3, -0.25) is 4.68 Å². The minimum absolute atomic E-state index is 0.0607. The van der Waals surface area contributed by atoms with Crippen LogP contribution < -0.4 is 0 Å². The van der Waals surface area contributed by atoms with Crippen molar-refractivity contribution in [2.24, 2.45) is 0 Å². The van der Waals surface area contributed by atoms with Crippen molar-refractivity contribution in [3.05, 3.63) is 11.3 Å². The Kier molecular flexibility index (Phi) is 4.67. The monoisotopic (exact) mass is 315 g/mol. The molecule has 1 aliphatic heterocycles. The Hall–Kier alpha value is -1.41. The van der Waals surface area contributed by atoms with Crippen molar-refractivity contribution in [2.45, 2.75) is 45.2 Å². The molecule has 1 aliphatic rings. The highest BCUT2D eigenvalue weighted by Crippen LogP contribution is 2.25. The first-order chi connectivity index (χ1) is 9.93. The second kappa shape index (κ2) is 6.15. The molecular formula is C13H21N3O4S. The summed E-state index contributed by atoms with van der Waals surface area (Å²) in [6.07, 6.45) is 1.67. The van der Waals surface area contributed by atoms with Gasteiger partial charge >= 0.3 is 5.97 Å². The molecule has 1 saturated heterocycles. The van der Waals surface area contributed by atoms with Gasteiger partial charge in [0.15, 0.2) is 0 Å². The van der Waals surface area contributed by atoms with Crippen molar-refractivity contribution in [3.8, 4) is 0 Å². The largest absolute Gasteiger partial charge is 0.462 e. The first-order valence-corrected chi connectivity index (χ1v) is 8.62. The van der Waals surface area contributed by atoms with E-state index in [0.717, 1.165) is 12.8 Å². The number of esters is 1. The molecule has 0 bridgehead atoms. The lowest BCUT2D eigenvalue weighted by atomic mass is 10.2. The molecular weight excluding hydrogens is 294 g/mol. The summed E-state index contributed by atoms with van der Waals surface area (Å²) in [5.41, 5.74) is 0.583. The zero-order chi connectivity index (χ0) is 15.6. The van der Waals surface area contributed by atoms with Crippen LogP contribution in [0.4, 0.5) is 0 Å². The van der Waals surface area contributed by atoms with E-state index in [2.05, 4.69) is 5.10 Å². The van der Waals surface area contributed by atoms with Crippen LogP contribution >= 0.6 is 0 Å². The lowest BCUT2D eigenvalue weighted by Crippen LogP contribution is -2.29. The first kappa shape index (κ1) is 16.0. The molecule has 0 aromatic carbocycles. The summed E-state index contributed by atoms with van der Waals surface area (Å²) >= 11 is 0. The number of hydrogen-bond donors (Lipinski definition) is 0. The molecule has 1 fully saturated rings. The van der Waals surface area contributed by atoms with Crippen LogP contribution in [0.25, 0.3) is 0 Å². The Labute approximate surface area is 124 Å². The normalized spacial score (nSPS) is 16.3. The molecule has 8 heteroatoms. The average Bonchev–Trinajstić information content (AvgIpc) is 3.06. The summed E-state index contributed by atoms with van der Waals surface area (Å²) in [6, 6.07) is 0. The summed E-state index contributed by atoms with van der Waals surface area (Å²) in [7, 11) is -3.74. The summed E-state index contributed by atoms with van der Waals surface area (Å²) in [6.45, 7) is 6.86. The topological polar surface area (TPSA) is 81.5 Å². The van der Waals surface area contributed by atoms with E-state index in [1.54, 1.807) is 13.8 Å². The van der Waals surface area contributed by atoms with Crippen LogP contribution in [0.15, 0.2) is 5.03 Å². The van der Waals surface area contributed by atoms with Crippen molar-refractivity contribution < 1.29 is 17.9 Å². The summed E-state index contributed by atoms with van der Waals surface area (Å²) in [4.78, 5) is 12.1. The lowest BCUT2D eigenvalue weighted by molar-refractivity contribution is 0.0520. The van der Waals surface area contributed by atoms with E-state index < -0.39 is 16.0 Å². The third-order valence-electron chi connectivity index (χ3n) is 3.60. The van der Waals surface area contributed by atoms with Crippen LogP contribution in [0.3, 0.4) is 0 Å². The number of carbonyl (C=O) groups is 1. The van der Waals surface area contributed by atoms with Crippen LogP contribution in [0.2, 0.25) is 0 Å². The Morgan fingerprint density at radius 3 is 2.43 bits per heavy atom. The molecule has 2 heterocycles. The molecule has 0 N–H and O–H groups in total. The Morgan fingerprint density at radius 1 is 1.29 bits per heavy atom. The highest BCUT2D eigenvalue weighted by Gasteiger charge is 2.36. The molecule has 0 spiro atoms. The van der Waals surface area contributed by atoms with Gasteiger partial charge in [-0.15, -0.1) is 0 Å². The number of aromatic nitrogens is 2. The lowest BCUT2D eigenvalue weighted by Gasteiger charge is -2.14. The third-order valence-corrected chi connectivity index (χ3v) is 5.42. The molecule has 0 radical (unpaired) electrons. The predicted molar refractivity (Wildman–Crippen MR) is 76.6 cm³/mol. The van der Waals surface area contributed by atoms with Gasteiger partial charge in [0.25, 0.3) is 10.0 Å². The second-order valence-electron chi connectivity index (χ2n) is 4.91. The maximum Gasteiger partial charge on any atom is 0.343 e. The number of hydrogen-bond acceptors (Lipinski definition) is 5. The van der Waals surface area contributed by atoms with E-state index in [1.165, 1.54) is 8.99 Å². The van der Waals surface area contributed by atoms with Gasteiger partial charge in [-0.2, -0.15) is 9.40 Å². The number of sulfonamides is 1. The van der Waals surface area contributed by atoms with Crippen LogP contribution in [-0.2, 0) is 21.3 Å². The molecule has 118 valence electrons. The highest BCUT2D eigenvalue weighted by atomic mass is 32.2. The Balaban J connectivity index is 2.54. The van der Waals surface area contributed by atoms with Crippen LogP contribution in [-0.4, -0.2) is 48.2 Å². The fourth-order valence-corrected chi connectivity index (χ4v) is 4.17. The van der Waals surface area contributed by atoms with Gasteiger partial charge in [-0.25, -0.2) is 13.2 Å². The zero-order valence-electron chi connectivity index (χ0n) is 12.6. The van der Waals surface area contributed by atoms with E-state index in [9.17, 15) is 13.2 Å². The molecule has 0 amide bonds. The number of rotatable bonds is 5. The molecule has 1 aromatic heterocycles. The van der Waals surface area contributed by atoms with E-state index in [1.807, 2.05) is 6.92 Å². The second-order valence-corrected chi connectivity index (χ2v) is 6.77. The number of ether oxygens (including phenoxy) is 1. The van der Waals surface area contributed by atoms with Crippen molar-refractivity contribution in [3.63, 3.8) is 0 Å². The molecule has 0 aliphatic carbocycles. The van der Waals surface area contributed by atoms with Crippen molar-refractivity contribution in [1.29, 1.82) is 0 Å². The summed E-state index contributed by atoms with van der Waals surface area (Å²) < 4.78 is 33.3. The average molecular weight is 315 g/mol. The molecule has 0 atom stereocenters. The Bertz CT molecular complexity index is 630. The molecule has 0 unspecified atom stereocenters. The smallest absolute Gasteiger partial charge is 0.343 e.